The van der Waals surface area contributed by atoms with E-state index in [1.54, 1.807) is 0 Å². The molecule has 0 aromatic carbocycles. The van der Waals surface area contributed by atoms with E-state index in [0.29, 0.717) is 0 Å². The standard InChI is InChI=1S/C16H22N4O2/c1-9-14-6-13(21-16(14)18-12(4)17-9)7-20(5)8-15-10(2)19-22-11(15)3/h13H,6-8H2,1-5H3/t13-/m1/s1. The maximum atomic E-state index is 5.99. The van der Waals surface area contributed by atoms with Gasteiger partial charge in [-0.25, -0.2) is 4.98 Å². The van der Waals surface area contributed by atoms with Crippen molar-refractivity contribution in [3.05, 3.63) is 34.1 Å². The Kier molecular flexibility index (Phi) is 3.87. The zero-order valence-electron chi connectivity index (χ0n) is 13.8. The Labute approximate surface area is 130 Å². The van der Waals surface area contributed by atoms with Gasteiger partial charge in [0.25, 0.3) is 0 Å². The van der Waals surface area contributed by atoms with E-state index >= 15 is 0 Å². The van der Waals surface area contributed by atoms with Gasteiger partial charge < -0.3 is 9.26 Å². The zero-order chi connectivity index (χ0) is 15.9. The molecular weight excluding hydrogens is 280 g/mol. The normalized spacial score (nSPS) is 16.9. The van der Waals surface area contributed by atoms with Crippen LogP contribution in [0.2, 0.25) is 0 Å². The SMILES string of the molecule is Cc1nc(C)c2c(n1)O[C@@H](CN(C)Cc1c(C)noc1C)C2. The molecule has 0 bridgehead atoms. The first-order valence-electron chi connectivity index (χ1n) is 7.55. The van der Waals surface area contributed by atoms with E-state index < -0.39 is 0 Å². The predicted molar refractivity (Wildman–Crippen MR) is 81.9 cm³/mol. The summed E-state index contributed by atoms with van der Waals surface area (Å²) in [6, 6.07) is 0. The highest BCUT2D eigenvalue weighted by molar-refractivity contribution is 5.34. The fourth-order valence-electron chi connectivity index (χ4n) is 2.98. The molecule has 6 heteroatoms. The molecule has 0 saturated carbocycles. The van der Waals surface area contributed by atoms with Crippen molar-refractivity contribution in [1.29, 1.82) is 0 Å². The highest BCUT2D eigenvalue weighted by atomic mass is 16.5. The van der Waals surface area contributed by atoms with Crippen LogP contribution in [-0.2, 0) is 13.0 Å². The van der Waals surface area contributed by atoms with Gasteiger partial charge in [-0.15, -0.1) is 0 Å². The molecule has 3 rings (SSSR count). The minimum atomic E-state index is 0.121. The van der Waals surface area contributed by atoms with Crippen LogP contribution in [0.25, 0.3) is 0 Å². The lowest BCUT2D eigenvalue weighted by Gasteiger charge is -2.20. The summed E-state index contributed by atoms with van der Waals surface area (Å²) in [6.07, 6.45) is 0.989. The average molecular weight is 302 g/mol. The molecule has 0 radical (unpaired) electrons. The van der Waals surface area contributed by atoms with Crippen molar-refractivity contribution in [1.82, 2.24) is 20.0 Å². The maximum Gasteiger partial charge on any atom is 0.220 e. The van der Waals surface area contributed by atoms with Gasteiger partial charge in [0, 0.05) is 36.3 Å². The van der Waals surface area contributed by atoms with E-state index in [9.17, 15) is 0 Å². The van der Waals surface area contributed by atoms with Crippen molar-refractivity contribution >= 4 is 0 Å². The smallest absolute Gasteiger partial charge is 0.220 e. The fraction of sp³-hybridized carbons (Fsp3) is 0.562. The van der Waals surface area contributed by atoms with Crippen LogP contribution in [0.4, 0.5) is 0 Å². The molecule has 0 saturated heterocycles. The Morgan fingerprint density at radius 1 is 1.14 bits per heavy atom. The van der Waals surface area contributed by atoms with Crippen LogP contribution in [0, 0.1) is 27.7 Å². The van der Waals surface area contributed by atoms with Crippen molar-refractivity contribution in [2.75, 3.05) is 13.6 Å². The number of fused-ring (bicyclic) bond motifs is 1. The number of hydrogen-bond acceptors (Lipinski definition) is 6. The highest BCUT2D eigenvalue weighted by Crippen LogP contribution is 2.29. The predicted octanol–water partition coefficient (Wildman–Crippen LogP) is 2.13. The summed E-state index contributed by atoms with van der Waals surface area (Å²) in [6.45, 7) is 9.48. The van der Waals surface area contributed by atoms with Gasteiger partial charge in [0.2, 0.25) is 5.88 Å². The lowest BCUT2D eigenvalue weighted by molar-refractivity contribution is 0.160. The fourth-order valence-corrected chi connectivity index (χ4v) is 2.98. The number of nitrogens with zero attached hydrogens (tertiary/aromatic N) is 4. The van der Waals surface area contributed by atoms with Gasteiger partial charge in [-0.3, -0.25) is 4.90 Å². The second kappa shape index (κ2) is 5.68. The molecule has 22 heavy (non-hydrogen) atoms. The molecule has 0 aliphatic carbocycles. The van der Waals surface area contributed by atoms with Crippen LogP contribution < -0.4 is 4.74 Å². The quantitative estimate of drug-likeness (QED) is 0.862. The third kappa shape index (κ3) is 2.83. The number of aromatic nitrogens is 3. The summed E-state index contributed by atoms with van der Waals surface area (Å²) in [7, 11) is 2.09. The van der Waals surface area contributed by atoms with Crippen molar-refractivity contribution < 1.29 is 9.26 Å². The lowest BCUT2D eigenvalue weighted by atomic mass is 10.1. The topological polar surface area (TPSA) is 64.3 Å². The molecule has 3 heterocycles. The number of hydrogen-bond donors (Lipinski definition) is 0. The molecule has 2 aromatic heterocycles. The molecule has 0 spiro atoms. The molecule has 0 amide bonds. The van der Waals surface area contributed by atoms with Crippen molar-refractivity contribution in [3.63, 3.8) is 0 Å². The minimum absolute atomic E-state index is 0.121. The van der Waals surface area contributed by atoms with Crippen molar-refractivity contribution in [3.8, 4) is 5.88 Å². The summed E-state index contributed by atoms with van der Waals surface area (Å²) in [5.41, 5.74) is 4.28. The van der Waals surface area contributed by atoms with Gasteiger partial charge in [-0.2, -0.15) is 4.98 Å². The van der Waals surface area contributed by atoms with Crippen LogP contribution >= 0.6 is 0 Å². The average Bonchev–Trinajstić information content (AvgIpc) is 2.96. The molecular formula is C16H22N4O2. The van der Waals surface area contributed by atoms with Crippen LogP contribution in [0.5, 0.6) is 5.88 Å². The van der Waals surface area contributed by atoms with Crippen molar-refractivity contribution in [2.24, 2.45) is 0 Å². The number of ether oxygens (including phenoxy) is 1. The second-order valence-electron chi connectivity index (χ2n) is 6.08. The number of rotatable bonds is 4. The van der Waals surface area contributed by atoms with E-state index in [0.717, 1.165) is 59.5 Å². The molecule has 1 aliphatic heterocycles. The number of aryl methyl sites for hydroxylation is 4. The third-order valence-electron chi connectivity index (χ3n) is 4.12. The van der Waals surface area contributed by atoms with E-state index in [-0.39, 0.29) is 6.10 Å². The van der Waals surface area contributed by atoms with Gasteiger partial charge >= 0.3 is 0 Å². The maximum absolute atomic E-state index is 5.99. The molecule has 6 nitrogen and oxygen atoms in total. The van der Waals surface area contributed by atoms with Crippen LogP contribution in [0.15, 0.2) is 4.52 Å². The molecule has 1 aliphatic rings. The first-order chi connectivity index (χ1) is 10.4. The first-order valence-corrected chi connectivity index (χ1v) is 7.55. The van der Waals surface area contributed by atoms with Crippen molar-refractivity contribution in [2.45, 2.75) is 46.8 Å². The molecule has 0 fully saturated rings. The summed E-state index contributed by atoms with van der Waals surface area (Å²) in [4.78, 5) is 11.1. The lowest BCUT2D eigenvalue weighted by Crippen LogP contribution is -2.32. The summed E-state index contributed by atoms with van der Waals surface area (Å²) >= 11 is 0. The molecule has 0 unspecified atom stereocenters. The third-order valence-corrected chi connectivity index (χ3v) is 4.12. The van der Waals surface area contributed by atoms with E-state index in [4.69, 9.17) is 9.26 Å². The minimum Gasteiger partial charge on any atom is -0.472 e. The highest BCUT2D eigenvalue weighted by Gasteiger charge is 2.28. The Morgan fingerprint density at radius 3 is 2.59 bits per heavy atom. The van der Waals surface area contributed by atoms with Crippen LogP contribution in [-0.4, -0.2) is 39.7 Å². The van der Waals surface area contributed by atoms with Gasteiger partial charge in [0.05, 0.1) is 5.69 Å². The summed E-state index contributed by atoms with van der Waals surface area (Å²) in [5, 5.41) is 4.00. The molecule has 118 valence electrons. The molecule has 1 atom stereocenters. The van der Waals surface area contributed by atoms with Gasteiger partial charge in [-0.1, -0.05) is 5.16 Å². The monoisotopic (exact) mass is 302 g/mol. The molecule has 0 N–H and O–H groups in total. The Hall–Kier alpha value is -1.95. The van der Waals surface area contributed by atoms with E-state index in [1.165, 1.54) is 0 Å². The van der Waals surface area contributed by atoms with E-state index in [1.807, 2.05) is 27.7 Å². The van der Waals surface area contributed by atoms with Crippen LogP contribution in [0.3, 0.4) is 0 Å². The Morgan fingerprint density at radius 2 is 1.91 bits per heavy atom. The zero-order valence-corrected chi connectivity index (χ0v) is 13.8. The van der Waals surface area contributed by atoms with Crippen LogP contribution in [0.1, 0.15) is 34.1 Å². The molecule has 2 aromatic rings. The largest absolute Gasteiger partial charge is 0.472 e. The summed E-state index contributed by atoms with van der Waals surface area (Å²) in [5.74, 6) is 2.40. The first kappa shape index (κ1) is 15.0. The van der Waals surface area contributed by atoms with Gasteiger partial charge in [0.1, 0.15) is 17.7 Å². The number of likely N-dealkylation sites (N-methyl/N-ethyl adjacent to an activating group) is 1. The summed E-state index contributed by atoms with van der Waals surface area (Å²) < 4.78 is 11.2. The van der Waals surface area contributed by atoms with Gasteiger partial charge in [-0.05, 0) is 34.7 Å². The van der Waals surface area contributed by atoms with E-state index in [2.05, 4.69) is 27.1 Å². The second-order valence-corrected chi connectivity index (χ2v) is 6.08. The van der Waals surface area contributed by atoms with Gasteiger partial charge in [0.15, 0.2) is 0 Å². The Balaban J connectivity index is 1.65. The Bertz CT molecular complexity index is 676.